The number of nitrogens with one attached hydrogen (secondary N) is 1. The Kier molecular flexibility index (Phi) is 5.85. The van der Waals surface area contributed by atoms with Crippen molar-refractivity contribution in [2.45, 2.75) is 25.1 Å². The largest absolute Gasteiger partial charge is 0.388 e. The van der Waals surface area contributed by atoms with E-state index in [1.54, 1.807) is 16.2 Å². The van der Waals surface area contributed by atoms with Crippen LogP contribution in [0.2, 0.25) is 0 Å². The van der Waals surface area contributed by atoms with Crippen molar-refractivity contribution in [1.82, 2.24) is 10.2 Å². The van der Waals surface area contributed by atoms with Gasteiger partial charge in [-0.2, -0.15) is 11.3 Å². The molecule has 1 fully saturated rings. The molecular formula is C18H22N2O3S. The number of benzene rings is 1. The van der Waals surface area contributed by atoms with Crippen LogP contribution in [0.25, 0.3) is 0 Å². The van der Waals surface area contributed by atoms with E-state index >= 15 is 0 Å². The highest BCUT2D eigenvalue weighted by atomic mass is 32.1. The number of thiophene rings is 1. The van der Waals surface area contributed by atoms with Gasteiger partial charge in [-0.1, -0.05) is 30.3 Å². The number of rotatable bonds is 5. The topological polar surface area (TPSA) is 61.8 Å². The van der Waals surface area contributed by atoms with Gasteiger partial charge in [-0.25, -0.2) is 4.79 Å². The molecule has 0 unspecified atom stereocenters. The second-order valence-electron chi connectivity index (χ2n) is 5.87. The average Bonchev–Trinajstić information content (AvgIpc) is 3.14. The molecule has 1 aliphatic rings. The molecule has 3 rings (SSSR count). The minimum atomic E-state index is -0.606. The molecule has 2 heterocycles. The number of aliphatic hydroxyl groups excluding tert-OH is 1. The van der Waals surface area contributed by atoms with Gasteiger partial charge in [0.25, 0.3) is 0 Å². The summed E-state index contributed by atoms with van der Waals surface area (Å²) in [5, 5.41) is 17.4. The van der Waals surface area contributed by atoms with E-state index in [9.17, 15) is 9.90 Å². The van der Waals surface area contributed by atoms with E-state index in [2.05, 4.69) is 5.32 Å². The van der Waals surface area contributed by atoms with Crippen LogP contribution in [0.15, 0.2) is 47.2 Å². The SMILES string of the molecule is O=C(NCc1ccsc1)N1CCOC[C@H]1C[C@@H](O)c1ccccc1. The summed E-state index contributed by atoms with van der Waals surface area (Å²) in [5.41, 5.74) is 1.96. The Morgan fingerprint density at radius 3 is 2.96 bits per heavy atom. The molecular weight excluding hydrogens is 324 g/mol. The molecule has 1 aromatic carbocycles. The Bertz CT molecular complexity index is 633. The monoisotopic (exact) mass is 346 g/mol. The summed E-state index contributed by atoms with van der Waals surface area (Å²) in [7, 11) is 0. The molecule has 5 nitrogen and oxygen atoms in total. The van der Waals surface area contributed by atoms with E-state index in [1.165, 1.54) is 0 Å². The predicted octanol–water partition coefficient (Wildman–Crippen LogP) is 2.78. The molecule has 1 saturated heterocycles. The summed E-state index contributed by atoms with van der Waals surface area (Å²) in [6.45, 7) is 2.05. The summed E-state index contributed by atoms with van der Waals surface area (Å²) < 4.78 is 5.52. The molecule has 1 aromatic heterocycles. The number of ether oxygens (including phenoxy) is 1. The third kappa shape index (κ3) is 4.35. The van der Waals surface area contributed by atoms with Crippen molar-refractivity contribution in [3.8, 4) is 0 Å². The van der Waals surface area contributed by atoms with Crippen LogP contribution in [0.3, 0.4) is 0 Å². The van der Waals surface area contributed by atoms with Crippen LogP contribution >= 0.6 is 11.3 Å². The average molecular weight is 346 g/mol. The first-order valence-corrected chi connectivity index (χ1v) is 9.04. The zero-order valence-electron chi connectivity index (χ0n) is 13.4. The third-order valence-electron chi connectivity index (χ3n) is 4.19. The lowest BCUT2D eigenvalue weighted by atomic mass is 10.0. The number of amides is 2. The maximum atomic E-state index is 12.5. The number of nitrogens with zero attached hydrogens (tertiary/aromatic N) is 1. The van der Waals surface area contributed by atoms with Gasteiger partial charge in [-0.3, -0.25) is 0 Å². The number of hydrogen-bond acceptors (Lipinski definition) is 4. The lowest BCUT2D eigenvalue weighted by Crippen LogP contribution is -2.52. The fraction of sp³-hybridized carbons (Fsp3) is 0.389. The van der Waals surface area contributed by atoms with Crippen molar-refractivity contribution in [2.24, 2.45) is 0 Å². The molecule has 2 N–H and O–H groups in total. The Balaban J connectivity index is 1.59. The highest BCUT2D eigenvalue weighted by Gasteiger charge is 2.29. The summed E-state index contributed by atoms with van der Waals surface area (Å²) in [6.07, 6.45) is -0.138. The first kappa shape index (κ1) is 17.0. The molecule has 2 atom stereocenters. The summed E-state index contributed by atoms with van der Waals surface area (Å²) in [6, 6.07) is 11.3. The molecule has 2 aromatic rings. The minimum absolute atomic E-state index is 0.102. The van der Waals surface area contributed by atoms with E-state index in [4.69, 9.17) is 4.74 Å². The van der Waals surface area contributed by atoms with Crippen LogP contribution < -0.4 is 5.32 Å². The molecule has 0 radical (unpaired) electrons. The Hall–Kier alpha value is -1.89. The van der Waals surface area contributed by atoms with Gasteiger partial charge in [0.15, 0.2) is 0 Å². The van der Waals surface area contributed by atoms with Crippen LogP contribution in [0.4, 0.5) is 4.79 Å². The molecule has 0 saturated carbocycles. The van der Waals surface area contributed by atoms with E-state index in [1.807, 2.05) is 47.2 Å². The molecule has 24 heavy (non-hydrogen) atoms. The smallest absolute Gasteiger partial charge is 0.318 e. The maximum Gasteiger partial charge on any atom is 0.318 e. The zero-order chi connectivity index (χ0) is 16.8. The third-order valence-corrected chi connectivity index (χ3v) is 4.92. The Labute approximate surface area is 145 Å². The normalized spacial score (nSPS) is 19.0. The zero-order valence-corrected chi connectivity index (χ0v) is 14.2. The van der Waals surface area contributed by atoms with Crippen LogP contribution in [0.5, 0.6) is 0 Å². The second-order valence-corrected chi connectivity index (χ2v) is 6.65. The van der Waals surface area contributed by atoms with Crippen LogP contribution in [-0.4, -0.2) is 41.8 Å². The minimum Gasteiger partial charge on any atom is -0.388 e. The number of carbonyl (C=O) groups excluding carboxylic acids is 1. The van der Waals surface area contributed by atoms with Crippen molar-refractivity contribution < 1.29 is 14.6 Å². The van der Waals surface area contributed by atoms with Crippen LogP contribution in [0.1, 0.15) is 23.7 Å². The van der Waals surface area contributed by atoms with E-state index in [0.29, 0.717) is 32.7 Å². The van der Waals surface area contributed by atoms with Crippen molar-refractivity contribution in [1.29, 1.82) is 0 Å². The maximum absolute atomic E-state index is 12.5. The molecule has 0 bridgehead atoms. The standard InChI is InChI=1S/C18H22N2O3S/c21-17(15-4-2-1-3-5-15)10-16-12-23-8-7-20(16)18(22)19-11-14-6-9-24-13-14/h1-6,9,13,16-17,21H,7-8,10-12H2,(H,19,22)/t16-,17-/m1/s1. The van der Waals surface area contributed by atoms with Crippen LogP contribution in [-0.2, 0) is 11.3 Å². The molecule has 2 amide bonds. The van der Waals surface area contributed by atoms with Gasteiger partial charge in [0.1, 0.15) is 0 Å². The van der Waals surface area contributed by atoms with Gasteiger partial charge in [0, 0.05) is 19.5 Å². The quantitative estimate of drug-likeness (QED) is 0.875. The fourth-order valence-corrected chi connectivity index (χ4v) is 3.53. The van der Waals surface area contributed by atoms with Crippen LogP contribution in [0, 0.1) is 0 Å². The van der Waals surface area contributed by atoms with Gasteiger partial charge in [-0.15, -0.1) is 0 Å². The summed E-state index contributed by atoms with van der Waals surface area (Å²) in [4.78, 5) is 14.3. The highest BCUT2D eigenvalue weighted by molar-refractivity contribution is 7.07. The van der Waals surface area contributed by atoms with Crippen molar-refractivity contribution in [3.05, 3.63) is 58.3 Å². The predicted molar refractivity (Wildman–Crippen MR) is 93.9 cm³/mol. The van der Waals surface area contributed by atoms with Crippen molar-refractivity contribution in [3.63, 3.8) is 0 Å². The lowest BCUT2D eigenvalue weighted by molar-refractivity contribution is -0.00698. The number of hydrogen-bond donors (Lipinski definition) is 2. The van der Waals surface area contributed by atoms with E-state index in [-0.39, 0.29) is 12.1 Å². The second kappa shape index (κ2) is 8.28. The Morgan fingerprint density at radius 1 is 1.38 bits per heavy atom. The molecule has 0 aliphatic carbocycles. The van der Waals surface area contributed by atoms with Crippen molar-refractivity contribution in [2.75, 3.05) is 19.8 Å². The lowest BCUT2D eigenvalue weighted by Gasteiger charge is -2.36. The summed E-state index contributed by atoms with van der Waals surface area (Å²) in [5.74, 6) is 0. The highest BCUT2D eigenvalue weighted by Crippen LogP contribution is 2.22. The number of urea groups is 1. The number of aliphatic hydroxyl groups is 1. The van der Waals surface area contributed by atoms with Crippen molar-refractivity contribution >= 4 is 17.4 Å². The molecule has 6 heteroatoms. The van der Waals surface area contributed by atoms with Gasteiger partial charge in [0.2, 0.25) is 0 Å². The molecule has 1 aliphatic heterocycles. The first-order chi connectivity index (χ1) is 11.7. The first-order valence-electron chi connectivity index (χ1n) is 8.10. The van der Waals surface area contributed by atoms with Gasteiger partial charge in [-0.05, 0) is 28.0 Å². The van der Waals surface area contributed by atoms with E-state index < -0.39 is 6.10 Å². The number of morpholine rings is 1. The summed E-state index contributed by atoms with van der Waals surface area (Å²) >= 11 is 1.62. The van der Waals surface area contributed by atoms with Gasteiger partial charge >= 0.3 is 6.03 Å². The van der Waals surface area contributed by atoms with E-state index in [0.717, 1.165) is 11.1 Å². The Morgan fingerprint density at radius 2 is 2.21 bits per heavy atom. The molecule has 128 valence electrons. The fourth-order valence-electron chi connectivity index (χ4n) is 2.86. The number of carbonyl (C=O) groups is 1. The van der Waals surface area contributed by atoms with Gasteiger partial charge in [0.05, 0.1) is 25.4 Å². The molecule has 0 spiro atoms. The van der Waals surface area contributed by atoms with Gasteiger partial charge < -0.3 is 20.1 Å².